The van der Waals surface area contributed by atoms with Crippen molar-refractivity contribution < 1.29 is 4.74 Å². The van der Waals surface area contributed by atoms with Crippen LogP contribution in [0.25, 0.3) is 10.1 Å². The van der Waals surface area contributed by atoms with E-state index in [1.54, 1.807) is 7.11 Å². The van der Waals surface area contributed by atoms with E-state index in [1.165, 1.54) is 15.6 Å². The van der Waals surface area contributed by atoms with Gasteiger partial charge in [0.1, 0.15) is 0 Å². The highest BCUT2D eigenvalue weighted by Gasteiger charge is 2.05. The maximum absolute atomic E-state index is 5.08. The van der Waals surface area contributed by atoms with Gasteiger partial charge in [-0.3, -0.25) is 0 Å². The second kappa shape index (κ2) is 6.15. The molecule has 0 bridgehead atoms. The topological polar surface area (TPSA) is 21.3 Å². The van der Waals surface area contributed by atoms with Crippen molar-refractivity contribution in [3.8, 4) is 0 Å². The summed E-state index contributed by atoms with van der Waals surface area (Å²) in [6.07, 6.45) is 1.05. The molecule has 92 valence electrons. The standard InChI is InChI=1S/C14H19NOS/c1-11(7-8-16-2)15-9-12-10-17-14-6-4-3-5-13(12)14/h3-6,10-11,15H,7-9H2,1-2H3. The number of rotatable bonds is 6. The largest absolute Gasteiger partial charge is 0.385 e. The average molecular weight is 249 g/mol. The molecule has 1 unspecified atom stereocenters. The molecule has 0 fully saturated rings. The predicted molar refractivity (Wildman–Crippen MR) is 74.6 cm³/mol. The quantitative estimate of drug-likeness (QED) is 0.847. The number of methoxy groups -OCH3 is 1. The normalized spacial score (nSPS) is 13.1. The predicted octanol–water partition coefficient (Wildman–Crippen LogP) is 3.42. The molecule has 0 aliphatic heterocycles. The van der Waals surface area contributed by atoms with Gasteiger partial charge in [-0.15, -0.1) is 11.3 Å². The molecular formula is C14H19NOS. The zero-order valence-corrected chi connectivity index (χ0v) is 11.2. The summed E-state index contributed by atoms with van der Waals surface area (Å²) < 4.78 is 6.45. The zero-order chi connectivity index (χ0) is 12.1. The van der Waals surface area contributed by atoms with Crippen molar-refractivity contribution in [3.05, 3.63) is 35.2 Å². The Hall–Kier alpha value is -0.900. The van der Waals surface area contributed by atoms with E-state index in [0.717, 1.165) is 19.6 Å². The highest BCUT2D eigenvalue weighted by atomic mass is 32.1. The lowest BCUT2D eigenvalue weighted by molar-refractivity contribution is 0.184. The van der Waals surface area contributed by atoms with Gasteiger partial charge >= 0.3 is 0 Å². The van der Waals surface area contributed by atoms with Gasteiger partial charge < -0.3 is 10.1 Å². The SMILES string of the molecule is COCCC(C)NCc1csc2ccccc12. The third-order valence-corrected chi connectivity index (χ3v) is 3.97. The molecule has 0 saturated carbocycles. The molecule has 2 aromatic rings. The van der Waals surface area contributed by atoms with E-state index in [9.17, 15) is 0 Å². The molecule has 17 heavy (non-hydrogen) atoms. The highest BCUT2D eigenvalue weighted by molar-refractivity contribution is 7.17. The zero-order valence-electron chi connectivity index (χ0n) is 10.4. The fraction of sp³-hybridized carbons (Fsp3) is 0.429. The fourth-order valence-corrected chi connectivity index (χ4v) is 2.81. The molecule has 2 rings (SSSR count). The molecule has 0 radical (unpaired) electrons. The Morgan fingerprint density at radius 1 is 1.35 bits per heavy atom. The Morgan fingerprint density at radius 2 is 2.18 bits per heavy atom. The average Bonchev–Trinajstić information content (AvgIpc) is 2.77. The molecule has 3 heteroatoms. The first-order chi connectivity index (χ1) is 8.31. The first-order valence-electron chi connectivity index (χ1n) is 5.98. The molecule has 0 saturated heterocycles. The highest BCUT2D eigenvalue weighted by Crippen LogP contribution is 2.25. The van der Waals surface area contributed by atoms with Crippen molar-refractivity contribution in [2.75, 3.05) is 13.7 Å². The van der Waals surface area contributed by atoms with Crippen molar-refractivity contribution in [1.82, 2.24) is 5.32 Å². The molecule has 1 aromatic carbocycles. The summed E-state index contributed by atoms with van der Waals surface area (Å²) in [7, 11) is 1.75. The first kappa shape index (κ1) is 12.6. The van der Waals surface area contributed by atoms with Crippen LogP contribution in [0, 0.1) is 0 Å². The summed E-state index contributed by atoms with van der Waals surface area (Å²) in [6, 6.07) is 9.07. The van der Waals surface area contributed by atoms with Gasteiger partial charge in [0, 0.05) is 31.0 Å². The molecule has 1 aromatic heterocycles. The van der Waals surface area contributed by atoms with Crippen LogP contribution in [0.5, 0.6) is 0 Å². The number of ether oxygens (including phenoxy) is 1. The van der Waals surface area contributed by atoms with Crippen molar-refractivity contribution in [3.63, 3.8) is 0 Å². The minimum absolute atomic E-state index is 0.494. The van der Waals surface area contributed by atoms with Crippen LogP contribution in [0.3, 0.4) is 0 Å². The third-order valence-electron chi connectivity index (χ3n) is 2.96. The molecule has 0 amide bonds. The van der Waals surface area contributed by atoms with Crippen molar-refractivity contribution in [1.29, 1.82) is 0 Å². The minimum Gasteiger partial charge on any atom is -0.385 e. The number of hydrogen-bond donors (Lipinski definition) is 1. The number of benzene rings is 1. The molecule has 1 N–H and O–H groups in total. The molecular weight excluding hydrogens is 230 g/mol. The van der Waals surface area contributed by atoms with Crippen LogP contribution in [-0.4, -0.2) is 19.8 Å². The Kier molecular flexibility index (Phi) is 4.54. The van der Waals surface area contributed by atoms with E-state index in [1.807, 2.05) is 11.3 Å². The lowest BCUT2D eigenvalue weighted by atomic mass is 10.1. The Labute approximate surface area is 107 Å². The number of fused-ring (bicyclic) bond motifs is 1. The fourth-order valence-electron chi connectivity index (χ4n) is 1.85. The van der Waals surface area contributed by atoms with Crippen LogP contribution in [0.15, 0.2) is 29.6 Å². The van der Waals surface area contributed by atoms with Gasteiger partial charge in [-0.25, -0.2) is 0 Å². The van der Waals surface area contributed by atoms with Crippen LogP contribution >= 0.6 is 11.3 Å². The van der Waals surface area contributed by atoms with Crippen molar-refractivity contribution >= 4 is 21.4 Å². The van der Waals surface area contributed by atoms with Crippen LogP contribution < -0.4 is 5.32 Å². The van der Waals surface area contributed by atoms with E-state index in [0.29, 0.717) is 6.04 Å². The number of nitrogens with one attached hydrogen (secondary N) is 1. The van der Waals surface area contributed by atoms with Crippen molar-refractivity contribution in [2.45, 2.75) is 25.9 Å². The van der Waals surface area contributed by atoms with Gasteiger partial charge in [0.15, 0.2) is 0 Å². The first-order valence-corrected chi connectivity index (χ1v) is 6.86. The lowest BCUT2D eigenvalue weighted by Crippen LogP contribution is -2.26. The van der Waals surface area contributed by atoms with Crippen LogP contribution in [0.1, 0.15) is 18.9 Å². The maximum Gasteiger partial charge on any atom is 0.0476 e. The van der Waals surface area contributed by atoms with Crippen molar-refractivity contribution in [2.24, 2.45) is 0 Å². The lowest BCUT2D eigenvalue weighted by Gasteiger charge is -2.12. The van der Waals surface area contributed by atoms with E-state index < -0.39 is 0 Å². The maximum atomic E-state index is 5.08. The summed E-state index contributed by atoms with van der Waals surface area (Å²) in [5.74, 6) is 0. The van der Waals surface area contributed by atoms with Gasteiger partial charge in [-0.2, -0.15) is 0 Å². The number of hydrogen-bond acceptors (Lipinski definition) is 3. The summed E-state index contributed by atoms with van der Waals surface area (Å²) >= 11 is 1.82. The molecule has 1 heterocycles. The Balaban J connectivity index is 1.95. The summed E-state index contributed by atoms with van der Waals surface area (Å²) in [5, 5.41) is 7.17. The monoisotopic (exact) mass is 249 g/mol. The van der Waals surface area contributed by atoms with Gasteiger partial charge in [0.05, 0.1) is 0 Å². The summed E-state index contributed by atoms with van der Waals surface area (Å²) in [4.78, 5) is 0. The second-order valence-electron chi connectivity index (χ2n) is 4.32. The molecule has 2 nitrogen and oxygen atoms in total. The van der Waals surface area contributed by atoms with Gasteiger partial charge in [-0.1, -0.05) is 18.2 Å². The van der Waals surface area contributed by atoms with E-state index in [4.69, 9.17) is 4.74 Å². The van der Waals surface area contributed by atoms with Gasteiger partial charge in [-0.05, 0) is 35.7 Å². The second-order valence-corrected chi connectivity index (χ2v) is 5.23. The smallest absolute Gasteiger partial charge is 0.0476 e. The molecule has 0 aliphatic rings. The van der Waals surface area contributed by atoms with E-state index in [-0.39, 0.29) is 0 Å². The van der Waals surface area contributed by atoms with Gasteiger partial charge in [0.2, 0.25) is 0 Å². The third kappa shape index (κ3) is 3.28. The molecule has 1 atom stereocenters. The van der Waals surface area contributed by atoms with E-state index in [2.05, 4.69) is 41.9 Å². The summed E-state index contributed by atoms with van der Waals surface area (Å²) in [5.41, 5.74) is 1.40. The van der Waals surface area contributed by atoms with E-state index >= 15 is 0 Å². The Morgan fingerprint density at radius 3 is 3.00 bits per heavy atom. The van der Waals surface area contributed by atoms with Crippen LogP contribution in [-0.2, 0) is 11.3 Å². The van der Waals surface area contributed by atoms with Crippen LogP contribution in [0.2, 0.25) is 0 Å². The molecule has 0 aliphatic carbocycles. The Bertz CT molecular complexity index is 466. The van der Waals surface area contributed by atoms with Gasteiger partial charge in [0.25, 0.3) is 0 Å². The molecule has 0 spiro atoms. The summed E-state index contributed by atoms with van der Waals surface area (Å²) in [6.45, 7) is 3.96. The number of thiophene rings is 1. The van der Waals surface area contributed by atoms with Crippen LogP contribution in [0.4, 0.5) is 0 Å². The minimum atomic E-state index is 0.494.